The van der Waals surface area contributed by atoms with Crippen molar-refractivity contribution >= 4 is 0 Å². The molecule has 0 aromatic heterocycles. The highest BCUT2D eigenvalue weighted by Gasteiger charge is 2.31. The van der Waals surface area contributed by atoms with Gasteiger partial charge in [-0.2, -0.15) is 0 Å². The van der Waals surface area contributed by atoms with Crippen molar-refractivity contribution in [1.82, 2.24) is 5.32 Å². The first-order valence-electron chi connectivity index (χ1n) is 5.63. The van der Waals surface area contributed by atoms with E-state index in [0.717, 1.165) is 31.6 Å². The van der Waals surface area contributed by atoms with Gasteiger partial charge in [-0.3, -0.25) is 0 Å². The van der Waals surface area contributed by atoms with Crippen molar-refractivity contribution < 1.29 is 4.74 Å². The lowest BCUT2D eigenvalue weighted by atomic mass is 10.3. The summed E-state index contributed by atoms with van der Waals surface area (Å²) in [6.45, 7) is 8.53. The standard InChI is InChI=1S/C11H23NO/c1-3-4-6-13-7-5-12-9-11-8-10(11)2/h10-12H,3-9H2,1-2H3. The molecule has 78 valence electrons. The van der Waals surface area contributed by atoms with E-state index in [1.807, 2.05) is 0 Å². The van der Waals surface area contributed by atoms with E-state index in [9.17, 15) is 0 Å². The summed E-state index contributed by atoms with van der Waals surface area (Å²) in [5, 5.41) is 3.43. The predicted octanol–water partition coefficient (Wildman–Crippen LogP) is 2.05. The topological polar surface area (TPSA) is 21.3 Å². The molecule has 1 aliphatic rings. The van der Waals surface area contributed by atoms with Crippen LogP contribution in [-0.4, -0.2) is 26.3 Å². The fraction of sp³-hybridized carbons (Fsp3) is 1.00. The molecule has 1 aliphatic carbocycles. The normalized spacial score (nSPS) is 26.3. The minimum absolute atomic E-state index is 0.876. The van der Waals surface area contributed by atoms with Crippen molar-refractivity contribution in [3.63, 3.8) is 0 Å². The van der Waals surface area contributed by atoms with Gasteiger partial charge in [0.2, 0.25) is 0 Å². The molecule has 2 atom stereocenters. The molecular weight excluding hydrogens is 162 g/mol. The number of unbranched alkanes of at least 4 members (excludes halogenated alkanes) is 1. The maximum Gasteiger partial charge on any atom is 0.0590 e. The molecule has 0 aromatic rings. The van der Waals surface area contributed by atoms with Crippen LogP contribution in [0.4, 0.5) is 0 Å². The second kappa shape index (κ2) is 6.39. The Bertz CT molecular complexity index is 127. The zero-order valence-corrected chi connectivity index (χ0v) is 9.01. The van der Waals surface area contributed by atoms with Crippen LogP contribution < -0.4 is 5.32 Å². The van der Waals surface area contributed by atoms with Crippen molar-refractivity contribution in [3.8, 4) is 0 Å². The molecule has 1 saturated carbocycles. The molecule has 2 unspecified atom stereocenters. The van der Waals surface area contributed by atoms with Gasteiger partial charge < -0.3 is 10.1 Å². The summed E-state index contributed by atoms with van der Waals surface area (Å²) >= 11 is 0. The zero-order chi connectivity index (χ0) is 9.52. The van der Waals surface area contributed by atoms with E-state index >= 15 is 0 Å². The van der Waals surface area contributed by atoms with Gasteiger partial charge in [0.1, 0.15) is 0 Å². The maximum absolute atomic E-state index is 5.44. The molecule has 2 nitrogen and oxygen atoms in total. The van der Waals surface area contributed by atoms with Crippen LogP contribution >= 0.6 is 0 Å². The van der Waals surface area contributed by atoms with Crippen molar-refractivity contribution in [1.29, 1.82) is 0 Å². The molecule has 0 bridgehead atoms. The van der Waals surface area contributed by atoms with E-state index in [0.29, 0.717) is 0 Å². The second-order valence-electron chi connectivity index (χ2n) is 4.14. The van der Waals surface area contributed by atoms with E-state index in [-0.39, 0.29) is 0 Å². The molecule has 1 rings (SSSR count). The third-order valence-electron chi connectivity index (χ3n) is 2.75. The molecule has 2 heteroatoms. The molecule has 1 N–H and O–H groups in total. The van der Waals surface area contributed by atoms with E-state index < -0.39 is 0 Å². The van der Waals surface area contributed by atoms with Crippen molar-refractivity contribution in [2.45, 2.75) is 33.1 Å². The van der Waals surface area contributed by atoms with Crippen LogP contribution in [0.1, 0.15) is 33.1 Å². The molecule has 0 heterocycles. The van der Waals surface area contributed by atoms with Gasteiger partial charge in [0, 0.05) is 13.2 Å². The second-order valence-corrected chi connectivity index (χ2v) is 4.14. The van der Waals surface area contributed by atoms with Crippen LogP contribution in [0.15, 0.2) is 0 Å². The quantitative estimate of drug-likeness (QED) is 0.584. The molecule has 1 fully saturated rings. The van der Waals surface area contributed by atoms with E-state index in [1.54, 1.807) is 0 Å². The molecule has 0 radical (unpaired) electrons. The van der Waals surface area contributed by atoms with Crippen LogP contribution in [0, 0.1) is 11.8 Å². The summed E-state index contributed by atoms with van der Waals surface area (Å²) in [5.41, 5.74) is 0. The SMILES string of the molecule is CCCCOCCNCC1CC1C. The summed E-state index contributed by atoms with van der Waals surface area (Å²) in [6.07, 6.45) is 3.84. The van der Waals surface area contributed by atoms with Crippen LogP contribution in [-0.2, 0) is 4.74 Å². The van der Waals surface area contributed by atoms with Crippen molar-refractivity contribution in [2.24, 2.45) is 11.8 Å². The van der Waals surface area contributed by atoms with Crippen LogP contribution in [0.2, 0.25) is 0 Å². The number of hydrogen-bond donors (Lipinski definition) is 1. The third-order valence-corrected chi connectivity index (χ3v) is 2.75. The molecule has 0 aromatic carbocycles. The molecular formula is C11H23NO. The first kappa shape index (κ1) is 11.0. The highest BCUT2D eigenvalue weighted by atomic mass is 16.5. The van der Waals surface area contributed by atoms with Crippen molar-refractivity contribution in [3.05, 3.63) is 0 Å². The lowest BCUT2D eigenvalue weighted by Gasteiger charge is -2.04. The summed E-state index contributed by atoms with van der Waals surface area (Å²) in [5.74, 6) is 1.92. The summed E-state index contributed by atoms with van der Waals surface area (Å²) in [6, 6.07) is 0. The Kier molecular flexibility index (Phi) is 5.40. The third kappa shape index (κ3) is 5.27. The van der Waals surface area contributed by atoms with E-state index in [1.165, 1.54) is 25.8 Å². The fourth-order valence-electron chi connectivity index (χ4n) is 1.46. The lowest BCUT2D eigenvalue weighted by Crippen LogP contribution is -2.22. The van der Waals surface area contributed by atoms with Gasteiger partial charge in [0.15, 0.2) is 0 Å². The Labute approximate surface area is 82.0 Å². The molecule has 0 aliphatic heterocycles. The maximum atomic E-state index is 5.44. The largest absolute Gasteiger partial charge is 0.380 e. The predicted molar refractivity (Wildman–Crippen MR) is 55.9 cm³/mol. The van der Waals surface area contributed by atoms with Gasteiger partial charge >= 0.3 is 0 Å². The Morgan fingerprint density at radius 3 is 2.77 bits per heavy atom. The van der Waals surface area contributed by atoms with Gasteiger partial charge in [-0.25, -0.2) is 0 Å². The van der Waals surface area contributed by atoms with Crippen LogP contribution in [0.5, 0.6) is 0 Å². The monoisotopic (exact) mass is 185 g/mol. The average Bonchev–Trinajstić information content (AvgIpc) is 2.81. The van der Waals surface area contributed by atoms with E-state index in [2.05, 4.69) is 19.2 Å². The Hall–Kier alpha value is -0.0800. The Morgan fingerprint density at radius 2 is 2.15 bits per heavy atom. The molecule has 0 amide bonds. The minimum Gasteiger partial charge on any atom is -0.380 e. The molecule has 13 heavy (non-hydrogen) atoms. The Morgan fingerprint density at radius 1 is 1.38 bits per heavy atom. The number of hydrogen-bond acceptors (Lipinski definition) is 2. The van der Waals surface area contributed by atoms with Crippen LogP contribution in [0.25, 0.3) is 0 Å². The average molecular weight is 185 g/mol. The zero-order valence-electron chi connectivity index (χ0n) is 9.01. The smallest absolute Gasteiger partial charge is 0.0590 e. The van der Waals surface area contributed by atoms with Gasteiger partial charge in [0.05, 0.1) is 6.61 Å². The van der Waals surface area contributed by atoms with Crippen molar-refractivity contribution in [2.75, 3.05) is 26.3 Å². The number of nitrogens with one attached hydrogen (secondary N) is 1. The molecule has 0 spiro atoms. The van der Waals surface area contributed by atoms with Crippen LogP contribution in [0.3, 0.4) is 0 Å². The summed E-state index contributed by atoms with van der Waals surface area (Å²) in [4.78, 5) is 0. The first-order valence-corrected chi connectivity index (χ1v) is 5.63. The summed E-state index contributed by atoms with van der Waals surface area (Å²) in [7, 11) is 0. The number of ether oxygens (including phenoxy) is 1. The minimum atomic E-state index is 0.876. The lowest BCUT2D eigenvalue weighted by molar-refractivity contribution is 0.133. The highest BCUT2D eigenvalue weighted by molar-refractivity contribution is 4.83. The highest BCUT2D eigenvalue weighted by Crippen LogP contribution is 2.36. The number of rotatable bonds is 8. The summed E-state index contributed by atoms with van der Waals surface area (Å²) < 4.78 is 5.44. The first-order chi connectivity index (χ1) is 6.34. The van der Waals surface area contributed by atoms with Gasteiger partial charge in [0.25, 0.3) is 0 Å². The Balaban J connectivity index is 1.69. The van der Waals surface area contributed by atoms with Gasteiger partial charge in [-0.1, -0.05) is 20.3 Å². The van der Waals surface area contributed by atoms with E-state index in [4.69, 9.17) is 4.74 Å². The van der Waals surface area contributed by atoms with Gasteiger partial charge in [-0.15, -0.1) is 0 Å². The fourth-order valence-corrected chi connectivity index (χ4v) is 1.46. The molecule has 0 saturated heterocycles. The van der Waals surface area contributed by atoms with Gasteiger partial charge in [-0.05, 0) is 31.2 Å².